The summed E-state index contributed by atoms with van der Waals surface area (Å²) >= 11 is 0.795. The van der Waals surface area contributed by atoms with E-state index in [2.05, 4.69) is 6.07 Å². The number of morpholine rings is 1. The Labute approximate surface area is 206 Å². The van der Waals surface area contributed by atoms with Crippen molar-refractivity contribution < 1.29 is 28.6 Å². The number of amides is 3. The van der Waals surface area contributed by atoms with Crippen molar-refractivity contribution in [2.45, 2.75) is 6.61 Å². The summed E-state index contributed by atoms with van der Waals surface area (Å²) in [5.74, 6) is 0.128. The number of carbonyl (C=O) groups excluding carboxylic acids is 3. The number of hydrogen-bond donors (Lipinski definition) is 0. The normalized spacial score (nSPS) is 17.0. The van der Waals surface area contributed by atoms with Crippen LogP contribution in [0.25, 0.3) is 6.08 Å². The summed E-state index contributed by atoms with van der Waals surface area (Å²) in [4.78, 5) is 40.5. The molecule has 4 rings (SSSR count). The van der Waals surface area contributed by atoms with Gasteiger partial charge in [0.05, 0.1) is 36.9 Å². The van der Waals surface area contributed by atoms with Crippen LogP contribution in [-0.4, -0.2) is 66.8 Å². The maximum absolute atomic E-state index is 12.8. The maximum Gasteiger partial charge on any atom is 0.294 e. The molecule has 2 heterocycles. The highest BCUT2D eigenvalue weighted by molar-refractivity contribution is 8.18. The molecule has 9 nitrogen and oxygen atoms in total. The molecule has 0 bridgehead atoms. The number of ether oxygens (including phenoxy) is 3. The van der Waals surface area contributed by atoms with Crippen LogP contribution < -0.4 is 9.47 Å². The number of nitrogens with zero attached hydrogens (tertiary/aromatic N) is 3. The lowest BCUT2D eigenvalue weighted by Gasteiger charge is -2.28. The molecular weight excluding hydrogens is 470 g/mol. The van der Waals surface area contributed by atoms with E-state index in [1.807, 2.05) is 12.1 Å². The van der Waals surface area contributed by atoms with E-state index in [0.29, 0.717) is 48.9 Å². The van der Waals surface area contributed by atoms with Crippen molar-refractivity contribution in [2.75, 3.05) is 40.0 Å². The van der Waals surface area contributed by atoms with Crippen LogP contribution in [0.4, 0.5) is 4.79 Å². The van der Waals surface area contributed by atoms with Crippen molar-refractivity contribution in [3.05, 3.63) is 64.1 Å². The van der Waals surface area contributed by atoms with E-state index in [1.165, 1.54) is 7.11 Å². The molecule has 2 fully saturated rings. The van der Waals surface area contributed by atoms with Gasteiger partial charge >= 0.3 is 0 Å². The Morgan fingerprint density at radius 3 is 2.69 bits per heavy atom. The molecule has 0 saturated carbocycles. The summed E-state index contributed by atoms with van der Waals surface area (Å²) in [5.41, 5.74) is 1.92. The number of thioether (sulfide) groups is 1. The zero-order valence-corrected chi connectivity index (χ0v) is 19.9. The highest BCUT2D eigenvalue weighted by Gasteiger charge is 2.37. The van der Waals surface area contributed by atoms with E-state index in [0.717, 1.165) is 22.2 Å². The molecule has 2 aliphatic heterocycles. The van der Waals surface area contributed by atoms with Gasteiger partial charge in [0, 0.05) is 18.7 Å². The van der Waals surface area contributed by atoms with Gasteiger partial charge in [0.2, 0.25) is 5.91 Å². The summed E-state index contributed by atoms with van der Waals surface area (Å²) in [5, 5.41) is 8.76. The molecule has 2 aliphatic rings. The second-order valence-corrected chi connectivity index (χ2v) is 8.72. The van der Waals surface area contributed by atoms with Crippen molar-refractivity contribution in [3.8, 4) is 17.6 Å². The molecule has 0 spiro atoms. The smallest absolute Gasteiger partial charge is 0.294 e. The predicted octanol–water partition coefficient (Wildman–Crippen LogP) is 3.04. The SMILES string of the molecule is COc1cc(C=C2SC(=O)N(CC(=O)N3CCOCC3)C2=O)ccc1OCc1ccccc1C#N. The topological polar surface area (TPSA) is 109 Å². The van der Waals surface area contributed by atoms with Crippen molar-refractivity contribution >= 4 is 34.9 Å². The standard InChI is InChI=1S/C25H23N3O6S/c1-32-21-12-17(6-7-20(21)34-16-19-5-3-2-4-18(19)14-26)13-22-24(30)28(25(31)35-22)15-23(29)27-8-10-33-11-9-27/h2-7,12-13H,8-11,15-16H2,1H3. The molecule has 180 valence electrons. The number of nitriles is 1. The first-order valence-corrected chi connectivity index (χ1v) is 11.7. The lowest BCUT2D eigenvalue weighted by Crippen LogP contribution is -2.46. The lowest BCUT2D eigenvalue weighted by molar-refractivity contribution is -0.139. The van der Waals surface area contributed by atoms with Crippen LogP contribution in [0.2, 0.25) is 0 Å². The lowest BCUT2D eigenvalue weighted by atomic mass is 10.1. The van der Waals surface area contributed by atoms with Crippen LogP contribution in [0.15, 0.2) is 47.4 Å². The van der Waals surface area contributed by atoms with Crippen LogP contribution in [0.1, 0.15) is 16.7 Å². The molecule has 0 aliphatic carbocycles. The van der Waals surface area contributed by atoms with E-state index in [-0.39, 0.29) is 24.0 Å². The van der Waals surface area contributed by atoms with E-state index >= 15 is 0 Å². The Balaban J connectivity index is 1.45. The maximum atomic E-state index is 12.8. The van der Waals surface area contributed by atoms with Gasteiger partial charge in [-0.15, -0.1) is 0 Å². The zero-order valence-electron chi connectivity index (χ0n) is 19.1. The number of benzene rings is 2. The summed E-state index contributed by atoms with van der Waals surface area (Å²) in [7, 11) is 1.50. The average Bonchev–Trinajstić information content (AvgIpc) is 3.15. The first kappa shape index (κ1) is 24.3. The third kappa shape index (κ3) is 5.65. The number of imide groups is 1. The number of rotatable bonds is 7. The Morgan fingerprint density at radius 1 is 1.17 bits per heavy atom. The molecule has 2 saturated heterocycles. The van der Waals surface area contributed by atoms with Gasteiger partial charge in [-0.2, -0.15) is 5.26 Å². The van der Waals surface area contributed by atoms with Crippen molar-refractivity contribution in [3.63, 3.8) is 0 Å². The van der Waals surface area contributed by atoms with Gasteiger partial charge in [-0.3, -0.25) is 19.3 Å². The van der Waals surface area contributed by atoms with Gasteiger partial charge in [0.25, 0.3) is 11.1 Å². The third-order valence-corrected chi connectivity index (χ3v) is 6.44. The van der Waals surface area contributed by atoms with Crippen molar-refractivity contribution in [1.29, 1.82) is 5.26 Å². The first-order valence-electron chi connectivity index (χ1n) is 10.9. The Bertz CT molecular complexity index is 1220. The molecule has 0 atom stereocenters. The molecule has 10 heteroatoms. The summed E-state index contributed by atoms with van der Waals surface area (Å²) in [6.45, 7) is 1.68. The van der Waals surface area contributed by atoms with Crippen molar-refractivity contribution in [2.24, 2.45) is 0 Å². The highest BCUT2D eigenvalue weighted by atomic mass is 32.2. The zero-order chi connectivity index (χ0) is 24.8. The van der Waals surface area contributed by atoms with Crippen molar-refractivity contribution in [1.82, 2.24) is 9.80 Å². The Hall–Kier alpha value is -3.81. The van der Waals surface area contributed by atoms with Crippen LogP contribution in [0.3, 0.4) is 0 Å². The predicted molar refractivity (Wildman–Crippen MR) is 129 cm³/mol. The van der Waals surface area contributed by atoms with Gasteiger partial charge in [0.15, 0.2) is 11.5 Å². The van der Waals surface area contributed by atoms with Gasteiger partial charge < -0.3 is 19.1 Å². The summed E-state index contributed by atoms with van der Waals surface area (Å²) in [6.07, 6.45) is 1.58. The van der Waals surface area contributed by atoms with E-state index in [9.17, 15) is 19.6 Å². The highest BCUT2D eigenvalue weighted by Crippen LogP contribution is 2.35. The van der Waals surface area contributed by atoms with Gasteiger partial charge in [-0.05, 0) is 41.6 Å². The fourth-order valence-electron chi connectivity index (χ4n) is 3.64. The third-order valence-electron chi connectivity index (χ3n) is 5.54. The molecule has 35 heavy (non-hydrogen) atoms. The minimum atomic E-state index is -0.506. The molecule has 0 radical (unpaired) electrons. The molecule has 3 amide bonds. The second kappa shape index (κ2) is 11.1. The molecule has 2 aromatic rings. The van der Waals surface area contributed by atoms with E-state index in [4.69, 9.17) is 14.2 Å². The number of hydrogen-bond acceptors (Lipinski definition) is 8. The minimum Gasteiger partial charge on any atom is -0.493 e. The van der Waals surface area contributed by atoms with Crippen LogP contribution in [-0.2, 0) is 20.9 Å². The summed E-state index contributed by atoms with van der Waals surface area (Å²) in [6, 6.07) is 14.4. The fraction of sp³-hybridized carbons (Fsp3) is 0.280. The Kier molecular flexibility index (Phi) is 7.70. The van der Waals surface area contributed by atoms with Crippen LogP contribution in [0, 0.1) is 11.3 Å². The first-order chi connectivity index (χ1) is 17.0. The van der Waals surface area contributed by atoms with Gasteiger partial charge in [-0.1, -0.05) is 24.3 Å². The van der Waals surface area contributed by atoms with Gasteiger partial charge in [0.1, 0.15) is 13.2 Å². The quantitative estimate of drug-likeness (QED) is 0.542. The van der Waals surface area contributed by atoms with E-state index < -0.39 is 11.1 Å². The molecule has 0 N–H and O–H groups in total. The van der Waals surface area contributed by atoms with Crippen LogP contribution >= 0.6 is 11.8 Å². The van der Waals surface area contributed by atoms with Gasteiger partial charge in [-0.25, -0.2) is 0 Å². The second-order valence-electron chi connectivity index (χ2n) is 7.73. The van der Waals surface area contributed by atoms with Crippen LogP contribution in [0.5, 0.6) is 11.5 Å². The fourth-order valence-corrected chi connectivity index (χ4v) is 4.48. The molecular formula is C25H23N3O6S. The minimum absolute atomic E-state index is 0.190. The molecule has 0 aromatic heterocycles. The Morgan fingerprint density at radius 2 is 1.94 bits per heavy atom. The summed E-state index contributed by atoms with van der Waals surface area (Å²) < 4.78 is 16.5. The average molecular weight is 494 g/mol. The van der Waals surface area contributed by atoms with E-state index in [1.54, 1.807) is 41.3 Å². The molecule has 2 aromatic carbocycles. The number of carbonyl (C=O) groups is 3. The monoisotopic (exact) mass is 493 g/mol. The number of methoxy groups -OCH3 is 1. The molecule has 0 unspecified atom stereocenters. The largest absolute Gasteiger partial charge is 0.493 e.